The SMILES string of the molecule is COc1cc2c(c(Cl)c1OCC1(O)CCC1)CCN1CC(OC(C)(C)C)CCC21. The third-order valence-corrected chi connectivity index (χ3v) is 6.88. The summed E-state index contributed by atoms with van der Waals surface area (Å²) in [5.41, 5.74) is 1.59. The maximum atomic E-state index is 10.4. The minimum atomic E-state index is -0.716. The fourth-order valence-electron chi connectivity index (χ4n) is 4.90. The highest BCUT2D eigenvalue weighted by Gasteiger charge is 2.39. The van der Waals surface area contributed by atoms with Crippen LogP contribution in [0.5, 0.6) is 11.5 Å². The zero-order valence-electron chi connectivity index (χ0n) is 18.1. The number of benzene rings is 1. The first-order valence-electron chi connectivity index (χ1n) is 10.9. The third-order valence-electron chi connectivity index (χ3n) is 6.48. The topological polar surface area (TPSA) is 51.2 Å². The van der Waals surface area contributed by atoms with Gasteiger partial charge in [0.25, 0.3) is 0 Å². The lowest BCUT2D eigenvalue weighted by Crippen LogP contribution is -2.47. The summed E-state index contributed by atoms with van der Waals surface area (Å²) in [6.07, 6.45) is 5.87. The van der Waals surface area contributed by atoms with Gasteiger partial charge in [0, 0.05) is 19.1 Å². The lowest BCUT2D eigenvalue weighted by Gasteiger charge is -2.45. The number of methoxy groups -OCH3 is 1. The van der Waals surface area contributed by atoms with Crippen molar-refractivity contribution in [2.75, 3.05) is 26.8 Å². The second-order valence-electron chi connectivity index (χ2n) is 9.85. The van der Waals surface area contributed by atoms with Crippen LogP contribution in [0.4, 0.5) is 0 Å². The van der Waals surface area contributed by atoms with Gasteiger partial charge in [-0.3, -0.25) is 4.90 Å². The zero-order chi connectivity index (χ0) is 20.8. The molecule has 1 aromatic rings. The van der Waals surface area contributed by atoms with Gasteiger partial charge in [0.15, 0.2) is 11.5 Å². The van der Waals surface area contributed by atoms with Crippen molar-refractivity contribution in [3.63, 3.8) is 0 Å². The van der Waals surface area contributed by atoms with Crippen LogP contribution in [-0.2, 0) is 11.2 Å². The van der Waals surface area contributed by atoms with E-state index in [2.05, 4.69) is 31.7 Å². The molecule has 1 saturated heterocycles. The monoisotopic (exact) mass is 423 g/mol. The Hall–Kier alpha value is -1.01. The smallest absolute Gasteiger partial charge is 0.180 e. The van der Waals surface area contributed by atoms with Gasteiger partial charge in [0.05, 0.1) is 29.4 Å². The van der Waals surface area contributed by atoms with Crippen molar-refractivity contribution in [3.8, 4) is 11.5 Å². The number of hydrogen-bond donors (Lipinski definition) is 1. The minimum absolute atomic E-state index is 0.117. The number of nitrogens with zero attached hydrogens (tertiary/aromatic N) is 1. The Balaban J connectivity index is 1.55. The van der Waals surface area contributed by atoms with E-state index in [1.54, 1.807) is 7.11 Å². The zero-order valence-corrected chi connectivity index (χ0v) is 18.8. The van der Waals surface area contributed by atoms with Crippen LogP contribution < -0.4 is 9.47 Å². The Morgan fingerprint density at radius 1 is 1.28 bits per heavy atom. The molecule has 1 saturated carbocycles. The van der Waals surface area contributed by atoms with Crippen molar-refractivity contribution < 1.29 is 19.3 Å². The minimum Gasteiger partial charge on any atom is -0.493 e. The van der Waals surface area contributed by atoms with Crippen LogP contribution in [0.25, 0.3) is 0 Å². The van der Waals surface area contributed by atoms with Gasteiger partial charge in [-0.1, -0.05) is 11.6 Å². The third kappa shape index (κ3) is 4.39. The molecule has 2 unspecified atom stereocenters. The Morgan fingerprint density at radius 2 is 2.03 bits per heavy atom. The molecule has 3 aliphatic rings. The van der Waals surface area contributed by atoms with Crippen LogP contribution in [0.3, 0.4) is 0 Å². The predicted molar refractivity (Wildman–Crippen MR) is 114 cm³/mol. The molecule has 1 N–H and O–H groups in total. The van der Waals surface area contributed by atoms with E-state index in [-0.39, 0.29) is 18.3 Å². The normalized spacial score (nSPS) is 26.3. The number of ether oxygens (including phenoxy) is 3. The van der Waals surface area contributed by atoms with E-state index in [1.807, 2.05) is 0 Å². The van der Waals surface area contributed by atoms with Gasteiger partial charge in [-0.05, 0) is 76.5 Å². The highest BCUT2D eigenvalue weighted by atomic mass is 35.5. The molecule has 0 radical (unpaired) electrons. The molecule has 4 rings (SSSR count). The molecule has 162 valence electrons. The molecular formula is C23H34ClNO4. The average Bonchev–Trinajstić information content (AvgIpc) is 2.63. The number of aliphatic hydroxyl groups is 1. The summed E-state index contributed by atoms with van der Waals surface area (Å²) in [5.74, 6) is 1.23. The quantitative estimate of drug-likeness (QED) is 0.754. The number of piperidine rings is 1. The molecule has 0 spiro atoms. The molecule has 29 heavy (non-hydrogen) atoms. The first kappa shape index (κ1) is 21.2. The van der Waals surface area contributed by atoms with E-state index in [0.717, 1.165) is 51.6 Å². The molecule has 1 aromatic carbocycles. The van der Waals surface area contributed by atoms with Crippen LogP contribution >= 0.6 is 11.6 Å². The lowest BCUT2D eigenvalue weighted by molar-refractivity contribution is -0.0971. The van der Waals surface area contributed by atoms with E-state index in [0.29, 0.717) is 22.6 Å². The summed E-state index contributed by atoms with van der Waals surface area (Å²) in [4.78, 5) is 2.52. The van der Waals surface area contributed by atoms with Crippen LogP contribution in [0, 0.1) is 0 Å². The van der Waals surface area contributed by atoms with Crippen LogP contribution in [0.2, 0.25) is 5.02 Å². The fourth-order valence-corrected chi connectivity index (χ4v) is 5.25. The van der Waals surface area contributed by atoms with E-state index in [4.69, 9.17) is 25.8 Å². The van der Waals surface area contributed by atoms with Gasteiger partial charge in [-0.25, -0.2) is 0 Å². The highest BCUT2D eigenvalue weighted by Crippen LogP contribution is 2.47. The molecule has 2 aliphatic heterocycles. The molecular weight excluding hydrogens is 390 g/mol. The van der Waals surface area contributed by atoms with E-state index in [9.17, 15) is 5.11 Å². The highest BCUT2D eigenvalue weighted by molar-refractivity contribution is 6.33. The van der Waals surface area contributed by atoms with Crippen LogP contribution in [-0.4, -0.2) is 54.1 Å². The van der Waals surface area contributed by atoms with Crippen molar-refractivity contribution in [3.05, 3.63) is 22.2 Å². The van der Waals surface area contributed by atoms with Crippen molar-refractivity contribution in [2.24, 2.45) is 0 Å². The van der Waals surface area contributed by atoms with E-state index < -0.39 is 5.60 Å². The first-order valence-corrected chi connectivity index (χ1v) is 11.2. The molecule has 0 bridgehead atoms. The maximum absolute atomic E-state index is 10.4. The number of hydrogen-bond acceptors (Lipinski definition) is 5. The average molecular weight is 424 g/mol. The van der Waals surface area contributed by atoms with Crippen molar-refractivity contribution in [1.29, 1.82) is 0 Å². The van der Waals surface area contributed by atoms with Gasteiger partial charge in [-0.2, -0.15) is 0 Å². The van der Waals surface area contributed by atoms with Gasteiger partial charge in [0.2, 0.25) is 0 Å². The fraction of sp³-hybridized carbons (Fsp3) is 0.739. The molecule has 1 aliphatic carbocycles. The summed E-state index contributed by atoms with van der Waals surface area (Å²) in [7, 11) is 1.65. The predicted octanol–water partition coefficient (Wildman–Crippen LogP) is 4.52. The molecule has 2 atom stereocenters. The summed E-state index contributed by atoms with van der Waals surface area (Å²) >= 11 is 6.82. The maximum Gasteiger partial charge on any atom is 0.180 e. The molecule has 6 heteroatoms. The summed E-state index contributed by atoms with van der Waals surface area (Å²) in [6.45, 7) is 8.55. The van der Waals surface area contributed by atoms with Gasteiger partial charge >= 0.3 is 0 Å². The molecule has 5 nitrogen and oxygen atoms in total. The largest absolute Gasteiger partial charge is 0.493 e. The Kier molecular flexibility index (Phi) is 5.80. The lowest BCUT2D eigenvalue weighted by atomic mass is 9.81. The molecule has 2 fully saturated rings. The first-order chi connectivity index (χ1) is 13.7. The summed E-state index contributed by atoms with van der Waals surface area (Å²) < 4.78 is 17.9. The number of rotatable bonds is 5. The standard InChI is InChI=1S/C23H34ClNO4/c1-22(2,3)29-15-6-7-18-17-12-19(27-4)21(28-14-23(26)9-5-10-23)20(24)16(17)8-11-25(18)13-15/h12,15,18,26H,5-11,13-14H2,1-4H3. The summed E-state index contributed by atoms with van der Waals surface area (Å²) in [5, 5.41) is 11.0. The Bertz CT molecular complexity index is 756. The van der Waals surface area contributed by atoms with Gasteiger partial charge in [-0.15, -0.1) is 0 Å². The second kappa shape index (κ2) is 7.92. The van der Waals surface area contributed by atoms with Crippen LogP contribution in [0.1, 0.15) is 70.0 Å². The van der Waals surface area contributed by atoms with Gasteiger partial charge in [0.1, 0.15) is 6.61 Å². The van der Waals surface area contributed by atoms with Crippen LogP contribution in [0.15, 0.2) is 6.07 Å². The molecule has 2 heterocycles. The molecule has 0 amide bonds. The summed E-state index contributed by atoms with van der Waals surface area (Å²) in [6, 6.07) is 2.44. The Morgan fingerprint density at radius 3 is 2.66 bits per heavy atom. The number of fused-ring (bicyclic) bond motifs is 3. The van der Waals surface area contributed by atoms with Crippen molar-refractivity contribution >= 4 is 11.6 Å². The second-order valence-corrected chi connectivity index (χ2v) is 10.2. The van der Waals surface area contributed by atoms with E-state index >= 15 is 0 Å². The van der Waals surface area contributed by atoms with Crippen molar-refractivity contribution in [1.82, 2.24) is 4.90 Å². The van der Waals surface area contributed by atoms with Gasteiger partial charge < -0.3 is 19.3 Å². The molecule has 0 aromatic heterocycles. The number of halogens is 1. The van der Waals surface area contributed by atoms with E-state index in [1.165, 1.54) is 11.1 Å². The van der Waals surface area contributed by atoms with Crippen molar-refractivity contribution in [2.45, 2.75) is 82.6 Å². The Labute approximate surface area is 179 Å².